The van der Waals surface area contributed by atoms with Crippen LogP contribution in [0.15, 0.2) is 22.6 Å². The first-order chi connectivity index (χ1) is 7.58. The second-order valence-electron chi connectivity index (χ2n) is 4.08. The third kappa shape index (κ3) is 1.91. The van der Waals surface area contributed by atoms with Crippen molar-refractivity contribution in [2.45, 2.75) is 20.8 Å². The molecule has 0 radical (unpaired) electrons. The number of aryl methyl sites for hydroxylation is 1. The molecule has 0 saturated heterocycles. The number of benzene rings is 1. The van der Waals surface area contributed by atoms with Crippen LogP contribution in [-0.4, -0.2) is 10.9 Å². The molecular formula is C12H14N2O2. The maximum Gasteiger partial charge on any atom is 0.302 e. The Hall–Kier alpha value is -1.84. The van der Waals surface area contributed by atoms with Gasteiger partial charge in [-0.3, -0.25) is 10.1 Å². The standard InChI is InChI=1S/C12H14N2O2/c1-7(2)11(15)14-12-13-10-8(3)5-4-6-9(10)16-12/h4-7H,1-3H3,(H,13,14,15). The van der Waals surface area contributed by atoms with Crippen molar-refractivity contribution in [3.8, 4) is 0 Å². The van der Waals surface area contributed by atoms with Gasteiger partial charge in [0.05, 0.1) is 0 Å². The summed E-state index contributed by atoms with van der Waals surface area (Å²) in [6, 6.07) is 5.96. The second kappa shape index (κ2) is 3.96. The molecule has 16 heavy (non-hydrogen) atoms. The van der Waals surface area contributed by atoms with Gasteiger partial charge in [0.25, 0.3) is 0 Å². The van der Waals surface area contributed by atoms with Gasteiger partial charge in [0.2, 0.25) is 5.91 Å². The van der Waals surface area contributed by atoms with E-state index in [1.165, 1.54) is 0 Å². The summed E-state index contributed by atoms with van der Waals surface area (Å²) in [4.78, 5) is 15.7. The Bertz CT molecular complexity index is 529. The van der Waals surface area contributed by atoms with Gasteiger partial charge < -0.3 is 4.42 Å². The van der Waals surface area contributed by atoms with Gasteiger partial charge in [0.15, 0.2) is 5.58 Å². The molecule has 0 spiro atoms. The van der Waals surface area contributed by atoms with Crippen LogP contribution < -0.4 is 5.32 Å². The maximum atomic E-state index is 11.5. The Kier molecular flexibility index (Phi) is 2.64. The molecule has 0 aliphatic heterocycles. The van der Waals surface area contributed by atoms with E-state index in [4.69, 9.17) is 4.42 Å². The first kappa shape index (κ1) is 10.7. The Morgan fingerprint density at radius 3 is 2.81 bits per heavy atom. The highest BCUT2D eigenvalue weighted by Gasteiger charge is 2.12. The van der Waals surface area contributed by atoms with Crippen LogP contribution in [0.3, 0.4) is 0 Å². The molecule has 0 atom stereocenters. The van der Waals surface area contributed by atoms with E-state index in [1.807, 2.05) is 39.0 Å². The predicted molar refractivity (Wildman–Crippen MR) is 62.2 cm³/mol. The number of anilines is 1. The van der Waals surface area contributed by atoms with Crippen molar-refractivity contribution in [1.29, 1.82) is 0 Å². The molecule has 1 heterocycles. The van der Waals surface area contributed by atoms with Gasteiger partial charge in [-0.05, 0) is 18.6 Å². The minimum Gasteiger partial charge on any atom is -0.423 e. The lowest BCUT2D eigenvalue weighted by atomic mass is 10.2. The van der Waals surface area contributed by atoms with Gasteiger partial charge in [0.1, 0.15) is 5.52 Å². The Labute approximate surface area is 93.7 Å². The minimum absolute atomic E-state index is 0.0869. The predicted octanol–water partition coefficient (Wildman–Crippen LogP) is 2.73. The summed E-state index contributed by atoms with van der Waals surface area (Å²) in [5.74, 6) is -0.180. The van der Waals surface area contributed by atoms with Crippen LogP contribution in [0.1, 0.15) is 19.4 Å². The molecule has 84 valence electrons. The smallest absolute Gasteiger partial charge is 0.302 e. The quantitative estimate of drug-likeness (QED) is 0.843. The highest BCUT2D eigenvalue weighted by molar-refractivity contribution is 5.91. The normalized spacial score (nSPS) is 11.0. The number of rotatable bonds is 2. The highest BCUT2D eigenvalue weighted by Crippen LogP contribution is 2.21. The Morgan fingerprint density at radius 1 is 1.44 bits per heavy atom. The number of hydrogen-bond donors (Lipinski definition) is 1. The van der Waals surface area contributed by atoms with Crippen LogP contribution in [0, 0.1) is 12.8 Å². The van der Waals surface area contributed by atoms with Crippen LogP contribution in [-0.2, 0) is 4.79 Å². The van der Waals surface area contributed by atoms with E-state index in [1.54, 1.807) is 0 Å². The molecule has 1 amide bonds. The zero-order valence-corrected chi connectivity index (χ0v) is 9.57. The zero-order chi connectivity index (χ0) is 11.7. The summed E-state index contributed by atoms with van der Waals surface area (Å²) in [5, 5.41) is 2.64. The summed E-state index contributed by atoms with van der Waals surface area (Å²) in [6.45, 7) is 5.60. The summed E-state index contributed by atoms with van der Waals surface area (Å²) in [6.07, 6.45) is 0. The molecule has 0 unspecified atom stereocenters. The third-order valence-corrected chi connectivity index (χ3v) is 2.38. The van der Waals surface area contributed by atoms with E-state index < -0.39 is 0 Å². The van der Waals surface area contributed by atoms with Crippen LogP contribution in [0.2, 0.25) is 0 Å². The number of nitrogens with zero attached hydrogens (tertiary/aromatic N) is 1. The monoisotopic (exact) mass is 218 g/mol. The molecule has 2 rings (SSSR count). The molecule has 0 bridgehead atoms. The van der Waals surface area contributed by atoms with E-state index in [0.29, 0.717) is 5.58 Å². The number of amides is 1. The molecule has 1 aromatic heterocycles. The van der Waals surface area contributed by atoms with Crippen molar-refractivity contribution in [3.05, 3.63) is 23.8 Å². The van der Waals surface area contributed by atoms with Crippen LogP contribution in [0.4, 0.5) is 6.01 Å². The van der Waals surface area contributed by atoms with Gasteiger partial charge in [0, 0.05) is 5.92 Å². The van der Waals surface area contributed by atoms with Gasteiger partial charge in [-0.15, -0.1) is 0 Å². The molecule has 4 nitrogen and oxygen atoms in total. The highest BCUT2D eigenvalue weighted by atomic mass is 16.4. The maximum absolute atomic E-state index is 11.5. The number of oxazole rings is 1. The fraction of sp³-hybridized carbons (Fsp3) is 0.333. The SMILES string of the molecule is Cc1cccc2oc(NC(=O)C(C)C)nc12. The number of carbonyl (C=O) groups excluding carboxylic acids is 1. The van der Waals surface area contributed by atoms with Crippen molar-refractivity contribution in [2.75, 3.05) is 5.32 Å². The Morgan fingerprint density at radius 2 is 2.19 bits per heavy atom. The van der Waals surface area contributed by atoms with Gasteiger partial charge in [-0.1, -0.05) is 26.0 Å². The Balaban J connectivity index is 2.33. The summed E-state index contributed by atoms with van der Waals surface area (Å²) in [7, 11) is 0. The van der Waals surface area contributed by atoms with E-state index in [0.717, 1.165) is 11.1 Å². The fourth-order valence-electron chi connectivity index (χ4n) is 1.39. The minimum atomic E-state index is -0.0933. The first-order valence-corrected chi connectivity index (χ1v) is 5.25. The van der Waals surface area contributed by atoms with Crippen molar-refractivity contribution in [2.24, 2.45) is 5.92 Å². The molecule has 0 saturated carbocycles. The van der Waals surface area contributed by atoms with Gasteiger partial charge in [-0.2, -0.15) is 4.98 Å². The molecule has 2 aromatic rings. The summed E-state index contributed by atoms with van der Waals surface area (Å²) in [5.41, 5.74) is 2.52. The number of fused-ring (bicyclic) bond motifs is 1. The van der Waals surface area contributed by atoms with Crippen LogP contribution in [0.25, 0.3) is 11.1 Å². The van der Waals surface area contributed by atoms with Crippen LogP contribution in [0.5, 0.6) is 0 Å². The number of para-hydroxylation sites is 1. The topological polar surface area (TPSA) is 55.1 Å². The first-order valence-electron chi connectivity index (χ1n) is 5.25. The second-order valence-corrected chi connectivity index (χ2v) is 4.08. The van der Waals surface area contributed by atoms with Crippen LogP contribution >= 0.6 is 0 Å². The largest absolute Gasteiger partial charge is 0.423 e. The molecule has 4 heteroatoms. The molecular weight excluding hydrogens is 204 g/mol. The number of hydrogen-bond acceptors (Lipinski definition) is 3. The van der Waals surface area contributed by atoms with Gasteiger partial charge in [-0.25, -0.2) is 0 Å². The number of aromatic nitrogens is 1. The van der Waals surface area contributed by atoms with Crippen molar-refractivity contribution in [1.82, 2.24) is 4.98 Å². The van der Waals surface area contributed by atoms with Gasteiger partial charge >= 0.3 is 6.01 Å². The third-order valence-electron chi connectivity index (χ3n) is 2.38. The van der Waals surface area contributed by atoms with E-state index >= 15 is 0 Å². The molecule has 0 fully saturated rings. The van der Waals surface area contributed by atoms with Crippen molar-refractivity contribution >= 4 is 23.0 Å². The summed E-state index contributed by atoms with van der Waals surface area (Å²) >= 11 is 0. The fourth-order valence-corrected chi connectivity index (χ4v) is 1.39. The summed E-state index contributed by atoms with van der Waals surface area (Å²) < 4.78 is 5.43. The lowest BCUT2D eigenvalue weighted by Gasteiger charge is -2.01. The lowest BCUT2D eigenvalue weighted by Crippen LogP contribution is -2.17. The molecule has 1 N–H and O–H groups in total. The van der Waals surface area contributed by atoms with Crippen molar-refractivity contribution in [3.63, 3.8) is 0 Å². The van der Waals surface area contributed by atoms with E-state index in [-0.39, 0.29) is 17.8 Å². The van der Waals surface area contributed by atoms with E-state index in [2.05, 4.69) is 10.3 Å². The molecule has 0 aliphatic carbocycles. The average Bonchev–Trinajstić information content (AvgIpc) is 2.61. The number of carbonyl (C=O) groups is 1. The average molecular weight is 218 g/mol. The zero-order valence-electron chi connectivity index (χ0n) is 9.57. The molecule has 0 aliphatic rings. The van der Waals surface area contributed by atoms with E-state index in [9.17, 15) is 4.79 Å². The number of nitrogens with one attached hydrogen (secondary N) is 1. The lowest BCUT2D eigenvalue weighted by molar-refractivity contribution is -0.119. The molecule has 1 aromatic carbocycles. The van der Waals surface area contributed by atoms with Crippen molar-refractivity contribution < 1.29 is 9.21 Å².